The molecular formula is C17H18Cl2N2O4. The first-order chi connectivity index (χ1) is 11.8. The molecule has 134 valence electrons. The predicted molar refractivity (Wildman–Crippen MR) is 95.8 cm³/mol. The highest BCUT2D eigenvalue weighted by atomic mass is 35.5. The molecule has 0 unspecified atom stereocenters. The summed E-state index contributed by atoms with van der Waals surface area (Å²) in [5.41, 5.74) is 1.09. The van der Waals surface area contributed by atoms with Gasteiger partial charge in [0.2, 0.25) is 5.88 Å². The zero-order valence-electron chi connectivity index (χ0n) is 14.1. The highest BCUT2D eigenvalue weighted by Gasteiger charge is 2.14. The van der Waals surface area contributed by atoms with E-state index in [-0.39, 0.29) is 35.7 Å². The lowest BCUT2D eigenvalue weighted by atomic mass is 10.1. The minimum atomic E-state index is -0.345. The zero-order valence-corrected chi connectivity index (χ0v) is 15.6. The number of rotatable bonds is 6. The molecule has 8 heteroatoms. The van der Waals surface area contributed by atoms with E-state index in [0.717, 1.165) is 5.56 Å². The van der Waals surface area contributed by atoms with Gasteiger partial charge in [0.25, 0.3) is 5.56 Å². The smallest absolute Gasteiger partial charge is 0.302 e. The number of H-pyrrole nitrogens is 1. The molecule has 1 heterocycles. The predicted octanol–water partition coefficient (Wildman–Crippen LogP) is 4.10. The number of ether oxygens (including phenoxy) is 2. The van der Waals surface area contributed by atoms with Gasteiger partial charge in [-0.1, -0.05) is 37.0 Å². The molecule has 1 aromatic carbocycles. The summed E-state index contributed by atoms with van der Waals surface area (Å²) in [6.07, 6.45) is 0.480. The van der Waals surface area contributed by atoms with Gasteiger partial charge in [0.15, 0.2) is 5.75 Å². The van der Waals surface area contributed by atoms with Crippen LogP contribution in [0, 0.1) is 0 Å². The molecular weight excluding hydrogens is 367 g/mol. The van der Waals surface area contributed by atoms with E-state index < -0.39 is 0 Å². The van der Waals surface area contributed by atoms with E-state index >= 15 is 0 Å². The Labute approximate surface area is 155 Å². The average Bonchev–Trinajstić information content (AvgIpc) is 2.51. The van der Waals surface area contributed by atoms with Gasteiger partial charge in [0.1, 0.15) is 0 Å². The SMILES string of the molecule is CC(=O)OCCc1cc(Cl)c(Oc2cc(C(C)C)c(=O)[nH]n2)c(Cl)c1. The number of hydrogen-bond donors (Lipinski definition) is 1. The minimum Gasteiger partial charge on any atom is -0.466 e. The van der Waals surface area contributed by atoms with Crippen molar-refractivity contribution in [2.75, 3.05) is 6.61 Å². The number of aromatic nitrogens is 2. The van der Waals surface area contributed by atoms with Crippen molar-refractivity contribution in [1.82, 2.24) is 10.2 Å². The number of carbonyl (C=O) groups excluding carboxylic acids is 1. The molecule has 0 aliphatic carbocycles. The Kier molecular flexibility index (Phi) is 6.45. The van der Waals surface area contributed by atoms with Crippen molar-refractivity contribution < 1.29 is 14.3 Å². The molecule has 25 heavy (non-hydrogen) atoms. The van der Waals surface area contributed by atoms with E-state index in [0.29, 0.717) is 22.0 Å². The van der Waals surface area contributed by atoms with Crippen molar-refractivity contribution >= 4 is 29.2 Å². The van der Waals surface area contributed by atoms with Crippen LogP contribution in [-0.4, -0.2) is 22.8 Å². The second-order valence-electron chi connectivity index (χ2n) is 5.73. The van der Waals surface area contributed by atoms with Crippen LogP contribution in [0.3, 0.4) is 0 Å². The van der Waals surface area contributed by atoms with Crippen LogP contribution in [0.1, 0.15) is 37.8 Å². The normalized spacial score (nSPS) is 10.8. The molecule has 0 bridgehead atoms. The Hall–Kier alpha value is -2.05. The quantitative estimate of drug-likeness (QED) is 0.758. The standard InChI is InChI=1S/C17H18Cl2N2O4/c1-9(2)12-8-15(20-21-17(12)23)25-16-13(18)6-11(7-14(16)19)4-5-24-10(3)22/h6-9H,4-5H2,1-3H3,(H,21,23). The fourth-order valence-corrected chi connectivity index (χ4v) is 2.76. The Morgan fingerprint density at radius 2 is 1.88 bits per heavy atom. The van der Waals surface area contributed by atoms with Crippen LogP contribution in [0.15, 0.2) is 23.0 Å². The lowest BCUT2D eigenvalue weighted by Crippen LogP contribution is -2.15. The molecule has 0 radical (unpaired) electrons. The summed E-state index contributed by atoms with van der Waals surface area (Å²) in [4.78, 5) is 22.5. The summed E-state index contributed by atoms with van der Waals surface area (Å²) in [5.74, 6) is 0.111. The molecule has 2 rings (SSSR count). The lowest BCUT2D eigenvalue weighted by molar-refractivity contribution is -0.140. The number of hydrogen-bond acceptors (Lipinski definition) is 5. The summed E-state index contributed by atoms with van der Waals surface area (Å²) >= 11 is 12.5. The number of benzene rings is 1. The Morgan fingerprint density at radius 1 is 1.24 bits per heavy atom. The van der Waals surface area contributed by atoms with Gasteiger partial charge in [0, 0.05) is 25.0 Å². The Bertz CT molecular complexity index is 811. The third-order valence-corrected chi connectivity index (χ3v) is 3.95. The molecule has 0 fully saturated rings. The van der Waals surface area contributed by atoms with Crippen LogP contribution in [0.2, 0.25) is 10.0 Å². The van der Waals surface area contributed by atoms with Gasteiger partial charge in [-0.2, -0.15) is 0 Å². The van der Waals surface area contributed by atoms with E-state index in [1.165, 1.54) is 6.92 Å². The van der Waals surface area contributed by atoms with Crippen LogP contribution in [0.5, 0.6) is 11.6 Å². The van der Waals surface area contributed by atoms with Crippen molar-refractivity contribution in [3.8, 4) is 11.6 Å². The number of carbonyl (C=O) groups is 1. The van der Waals surface area contributed by atoms with Gasteiger partial charge in [-0.15, -0.1) is 5.10 Å². The molecule has 0 aliphatic rings. The topological polar surface area (TPSA) is 81.3 Å². The number of nitrogens with one attached hydrogen (secondary N) is 1. The molecule has 0 atom stereocenters. The van der Waals surface area contributed by atoms with Gasteiger partial charge >= 0.3 is 5.97 Å². The Morgan fingerprint density at radius 3 is 2.44 bits per heavy atom. The van der Waals surface area contributed by atoms with Crippen molar-refractivity contribution in [2.24, 2.45) is 0 Å². The number of halogens is 2. The number of nitrogens with zero attached hydrogens (tertiary/aromatic N) is 1. The summed E-state index contributed by atoms with van der Waals surface area (Å²) in [6, 6.07) is 4.92. The third kappa shape index (κ3) is 5.21. The number of esters is 1. The largest absolute Gasteiger partial charge is 0.466 e. The maximum atomic E-state index is 11.7. The molecule has 6 nitrogen and oxygen atoms in total. The van der Waals surface area contributed by atoms with Crippen molar-refractivity contribution in [2.45, 2.75) is 33.1 Å². The maximum absolute atomic E-state index is 11.7. The van der Waals surface area contributed by atoms with Crippen LogP contribution >= 0.6 is 23.2 Å². The fraction of sp³-hybridized carbons (Fsp3) is 0.353. The van der Waals surface area contributed by atoms with Gasteiger partial charge in [-0.25, -0.2) is 5.10 Å². The first-order valence-corrected chi connectivity index (χ1v) is 8.42. The van der Waals surface area contributed by atoms with E-state index in [9.17, 15) is 9.59 Å². The van der Waals surface area contributed by atoms with Crippen LogP contribution in [0.25, 0.3) is 0 Å². The van der Waals surface area contributed by atoms with Gasteiger partial charge in [0.05, 0.1) is 16.7 Å². The van der Waals surface area contributed by atoms with Crippen LogP contribution in [0.4, 0.5) is 0 Å². The van der Waals surface area contributed by atoms with E-state index in [1.54, 1.807) is 18.2 Å². The maximum Gasteiger partial charge on any atom is 0.302 e. The molecule has 0 spiro atoms. The second-order valence-corrected chi connectivity index (χ2v) is 6.54. The highest BCUT2D eigenvalue weighted by Crippen LogP contribution is 2.37. The van der Waals surface area contributed by atoms with Gasteiger partial charge in [-0.05, 0) is 23.6 Å². The van der Waals surface area contributed by atoms with E-state index in [2.05, 4.69) is 10.2 Å². The summed E-state index contributed by atoms with van der Waals surface area (Å²) in [5, 5.41) is 6.84. The van der Waals surface area contributed by atoms with E-state index in [1.807, 2.05) is 13.8 Å². The summed E-state index contributed by atoms with van der Waals surface area (Å²) in [6.45, 7) is 5.37. The van der Waals surface area contributed by atoms with Crippen molar-refractivity contribution in [1.29, 1.82) is 0 Å². The van der Waals surface area contributed by atoms with Crippen molar-refractivity contribution in [3.63, 3.8) is 0 Å². The second kappa shape index (κ2) is 8.36. The number of aromatic amines is 1. The first kappa shape index (κ1) is 19.3. The molecule has 0 saturated carbocycles. The molecule has 0 saturated heterocycles. The molecule has 0 amide bonds. The van der Waals surface area contributed by atoms with Gasteiger partial charge < -0.3 is 9.47 Å². The molecule has 2 aromatic rings. The van der Waals surface area contributed by atoms with Crippen LogP contribution in [-0.2, 0) is 16.0 Å². The fourth-order valence-electron chi connectivity index (χ4n) is 2.15. The summed E-state index contributed by atoms with van der Waals surface area (Å²) < 4.78 is 10.6. The van der Waals surface area contributed by atoms with Crippen molar-refractivity contribution in [3.05, 3.63) is 49.7 Å². The van der Waals surface area contributed by atoms with Gasteiger partial charge in [-0.3, -0.25) is 9.59 Å². The summed E-state index contributed by atoms with van der Waals surface area (Å²) in [7, 11) is 0. The monoisotopic (exact) mass is 384 g/mol. The molecule has 1 aromatic heterocycles. The first-order valence-electron chi connectivity index (χ1n) is 7.66. The third-order valence-electron chi connectivity index (χ3n) is 3.39. The lowest BCUT2D eigenvalue weighted by Gasteiger charge is -2.12. The zero-order chi connectivity index (χ0) is 18.6. The molecule has 1 N–H and O–H groups in total. The van der Waals surface area contributed by atoms with Crippen LogP contribution < -0.4 is 10.3 Å². The highest BCUT2D eigenvalue weighted by molar-refractivity contribution is 6.37. The Balaban J connectivity index is 2.21. The molecule has 0 aliphatic heterocycles. The van der Waals surface area contributed by atoms with E-state index in [4.69, 9.17) is 32.7 Å². The average molecular weight is 385 g/mol. The minimum absolute atomic E-state index is 0.0173.